The molecule has 7 heteroatoms. The third kappa shape index (κ3) is 5.41. The second-order valence-electron chi connectivity index (χ2n) is 4.81. The van der Waals surface area contributed by atoms with Gasteiger partial charge in [-0.25, -0.2) is 13.1 Å². The van der Waals surface area contributed by atoms with E-state index in [2.05, 4.69) is 11.0 Å². The van der Waals surface area contributed by atoms with Crippen LogP contribution in [0.1, 0.15) is 24.8 Å². The minimum Gasteiger partial charge on any atom is -0.495 e. The average molecular weight is 332 g/mol. The lowest BCUT2D eigenvalue weighted by Gasteiger charge is -2.13. The molecular formula is C14H24N2O3S2. The number of hydrogen-bond acceptors (Lipinski definition) is 5. The summed E-state index contributed by atoms with van der Waals surface area (Å²) in [6.45, 7) is 2.24. The van der Waals surface area contributed by atoms with Gasteiger partial charge in [-0.2, -0.15) is 11.8 Å². The van der Waals surface area contributed by atoms with Crippen molar-refractivity contribution in [2.45, 2.75) is 31.1 Å². The van der Waals surface area contributed by atoms with Crippen molar-refractivity contribution < 1.29 is 13.2 Å². The van der Waals surface area contributed by atoms with Gasteiger partial charge < -0.3 is 10.5 Å². The van der Waals surface area contributed by atoms with E-state index in [9.17, 15) is 8.42 Å². The Morgan fingerprint density at radius 3 is 2.62 bits per heavy atom. The molecule has 0 spiro atoms. The van der Waals surface area contributed by atoms with E-state index < -0.39 is 10.0 Å². The number of hydrogen-bond donors (Lipinski definition) is 2. The van der Waals surface area contributed by atoms with Crippen molar-refractivity contribution in [2.24, 2.45) is 0 Å². The zero-order chi connectivity index (χ0) is 15.9. The maximum Gasteiger partial charge on any atom is 0.244 e. The maximum atomic E-state index is 12.3. The molecule has 21 heavy (non-hydrogen) atoms. The van der Waals surface area contributed by atoms with Crippen molar-refractivity contribution in [2.75, 3.05) is 31.4 Å². The van der Waals surface area contributed by atoms with Gasteiger partial charge in [0.1, 0.15) is 10.6 Å². The largest absolute Gasteiger partial charge is 0.495 e. The number of benzene rings is 1. The maximum absolute atomic E-state index is 12.3. The number of aryl methyl sites for hydroxylation is 1. The summed E-state index contributed by atoms with van der Waals surface area (Å²) >= 11 is 1.80. The molecule has 0 saturated heterocycles. The third-order valence-corrected chi connectivity index (χ3v) is 5.34. The van der Waals surface area contributed by atoms with Gasteiger partial charge in [-0.1, -0.05) is 6.42 Å². The first-order valence-corrected chi connectivity index (χ1v) is 9.72. The fourth-order valence-corrected chi connectivity index (χ4v) is 3.63. The Kier molecular flexibility index (Phi) is 7.34. The minimum absolute atomic E-state index is 0.0946. The minimum atomic E-state index is -3.60. The standard InChI is InChI=1S/C14H24N2O3S2/c1-11-9-13(19-2)14(10-12(11)15)21(17,18)16-7-5-4-6-8-20-3/h9-10,16H,4-8,15H2,1-3H3. The molecule has 0 amide bonds. The van der Waals surface area contributed by atoms with Gasteiger partial charge in [0.25, 0.3) is 0 Å². The quantitative estimate of drug-likeness (QED) is 0.536. The molecule has 1 rings (SSSR count). The molecule has 0 aliphatic heterocycles. The predicted octanol–water partition coefficient (Wildman–Crippen LogP) is 2.40. The molecular weight excluding hydrogens is 308 g/mol. The monoisotopic (exact) mass is 332 g/mol. The van der Waals surface area contributed by atoms with Crippen molar-refractivity contribution in [1.82, 2.24) is 4.72 Å². The highest BCUT2D eigenvalue weighted by Crippen LogP contribution is 2.28. The molecule has 0 fully saturated rings. The highest BCUT2D eigenvalue weighted by atomic mass is 32.2. The average Bonchev–Trinajstić information content (AvgIpc) is 2.45. The molecule has 3 N–H and O–H groups in total. The Hall–Kier alpha value is -0.920. The number of rotatable bonds is 9. The Morgan fingerprint density at radius 1 is 1.29 bits per heavy atom. The number of thioether (sulfide) groups is 1. The first-order chi connectivity index (χ1) is 9.92. The molecule has 0 heterocycles. The number of ether oxygens (including phenoxy) is 1. The van der Waals surface area contributed by atoms with Crippen LogP contribution in [-0.4, -0.2) is 34.1 Å². The third-order valence-electron chi connectivity index (χ3n) is 3.16. The fraction of sp³-hybridized carbons (Fsp3) is 0.571. The summed E-state index contributed by atoms with van der Waals surface area (Å²) in [6.07, 6.45) is 5.00. The number of sulfonamides is 1. The number of nitrogens with two attached hydrogens (primary N) is 1. The van der Waals surface area contributed by atoms with E-state index in [0.29, 0.717) is 18.0 Å². The topological polar surface area (TPSA) is 81.4 Å². The Labute approximate surface area is 131 Å². The molecule has 0 atom stereocenters. The first-order valence-electron chi connectivity index (χ1n) is 6.85. The van der Waals surface area contributed by atoms with Crippen LogP contribution in [-0.2, 0) is 10.0 Å². The van der Waals surface area contributed by atoms with Crippen molar-refractivity contribution in [3.63, 3.8) is 0 Å². The van der Waals surface area contributed by atoms with Crippen molar-refractivity contribution in [3.8, 4) is 5.75 Å². The Morgan fingerprint density at radius 2 is 2.00 bits per heavy atom. The summed E-state index contributed by atoms with van der Waals surface area (Å²) in [5.41, 5.74) is 7.04. The van der Waals surface area contributed by atoms with Crippen LogP contribution in [0.5, 0.6) is 5.75 Å². The molecule has 0 aromatic heterocycles. The predicted molar refractivity (Wildman–Crippen MR) is 89.6 cm³/mol. The van der Waals surface area contributed by atoms with Crippen LogP contribution in [0.2, 0.25) is 0 Å². The molecule has 0 unspecified atom stereocenters. The second kappa shape index (κ2) is 8.51. The van der Waals surface area contributed by atoms with Crippen molar-refractivity contribution in [1.29, 1.82) is 0 Å². The number of methoxy groups -OCH3 is 1. The zero-order valence-corrected chi connectivity index (χ0v) is 14.4. The summed E-state index contributed by atoms with van der Waals surface area (Å²) in [7, 11) is -2.14. The van der Waals surface area contributed by atoms with Crippen LogP contribution in [0.4, 0.5) is 5.69 Å². The van der Waals surface area contributed by atoms with Crippen LogP contribution in [0.3, 0.4) is 0 Å². The normalized spacial score (nSPS) is 11.6. The highest BCUT2D eigenvalue weighted by Gasteiger charge is 2.20. The molecule has 120 valence electrons. The Bertz CT molecular complexity index is 560. The first kappa shape index (κ1) is 18.1. The molecule has 0 aliphatic carbocycles. The van der Waals surface area contributed by atoms with Gasteiger partial charge in [0.2, 0.25) is 10.0 Å². The zero-order valence-electron chi connectivity index (χ0n) is 12.8. The Balaban J connectivity index is 2.72. The van der Waals surface area contributed by atoms with Gasteiger partial charge in [-0.3, -0.25) is 0 Å². The van der Waals surface area contributed by atoms with E-state index in [1.807, 2.05) is 6.92 Å². The van der Waals surface area contributed by atoms with Crippen LogP contribution >= 0.6 is 11.8 Å². The molecule has 0 bridgehead atoms. The number of unbranched alkanes of at least 4 members (excludes halogenated alkanes) is 2. The molecule has 5 nitrogen and oxygen atoms in total. The van der Waals surface area contributed by atoms with Crippen molar-refractivity contribution >= 4 is 27.5 Å². The fourth-order valence-electron chi connectivity index (χ4n) is 1.88. The smallest absolute Gasteiger partial charge is 0.244 e. The summed E-state index contributed by atoms with van der Waals surface area (Å²) in [5.74, 6) is 1.42. The molecule has 0 aliphatic rings. The number of anilines is 1. The number of nitrogen functional groups attached to an aromatic ring is 1. The van der Waals surface area contributed by atoms with Crippen LogP contribution in [0, 0.1) is 6.92 Å². The van der Waals surface area contributed by atoms with Gasteiger partial charge >= 0.3 is 0 Å². The molecule has 0 saturated carbocycles. The van der Waals surface area contributed by atoms with Crippen molar-refractivity contribution in [3.05, 3.63) is 17.7 Å². The lowest BCUT2D eigenvalue weighted by Crippen LogP contribution is -2.25. The van der Waals surface area contributed by atoms with Crippen LogP contribution in [0.15, 0.2) is 17.0 Å². The molecule has 1 aromatic rings. The summed E-state index contributed by atoms with van der Waals surface area (Å²) in [6, 6.07) is 3.09. The van der Waals surface area contributed by atoms with E-state index in [1.54, 1.807) is 17.8 Å². The van der Waals surface area contributed by atoms with E-state index in [0.717, 1.165) is 30.6 Å². The SMILES string of the molecule is COc1cc(C)c(N)cc1S(=O)(=O)NCCCCCSC. The summed E-state index contributed by atoms with van der Waals surface area (Å²) in [5, 5.41) is 0. The lowest BCUT2D eigenvalue weighted by molar-refractivity contribution is 0.402. The summed E-state index contributed by atoms with van der Waals surface area (Å²) in [4.78, 5) is 0.0946. The molecule has 0 radical (unpaired) electrons. The highest BCUT2D eigenvalue weighted by molar-refractivity contribution is 7.98. The van der Waals surface area contributed by atoms with Gasteiger partial charge in [-0.15, -0.1) is 0 Å². The number of nitrogens with one attached hydrogen (secondary N) is 1. The summed E-state index contributed by atoms with van der Waals surface area (Å²) < 4.78 is 32.4. The van der Waals surface area contributed by atoms with Gasteiger partial charge in [0.15, 0.2) is 0 Å². The van der Waals surface area contributed by atoms with E-state index in [-0.39, 0.29) is 4.90 Å². The van der Waals surface area contributed by atoms with Crippen LogP contribution in [0.25, 0.3) is 0 Å². The van der Waals surface area contributed by atoms with E-state index >= 15 is 0 Å². The second-order valence-corrected chi connectivity index (χ2v) is 7.53. The van der Waals surface area contributed by atoms with E-state index in [4.69, 9.17) is 10.5 Å². The van der Waals surface area contributed by atoms with Gasteiger partial charge in [0, 0.05) is 12.2 Å². The van der Waals surface area contributed by atoms with Gasteiger partial charge in [0.05, 0.1) is 7.11 Å². The van der Waals surface area contributed by atoms with Gasteiger partial charge in [-0.05, 0) is 49.5 Å². The molecule has 1 aromatic carbocycles. The lowest BCUT2D eigenvalue weighted by atomic mass is 10.2. The van der Waals surface area contributed by atoms with Crippen LogP contribution < -0.4 is 15.2 Å². The van der Waals surface area contributed by atoms with E-state index in [1.165, 1.54) is 13.2 Å².